The van der Waals surface area contributed by atoms with Crippen molar-refractivity contribution in [3.05, 3.63) is 23.8 Å². The van der Waals surface area contributed by atoms with Gasteiger partial charge in [-0.05, 0) is 54.7 Å². The van der Waals surface area contributed by atoms with E-state index in [0.717, 1.165) is 18.0 Å². The summed E-state index contributed by atoms with van der Waals surface area (Å²) in [6.07, 6.45) is 5.81. The molecule has 3 N–H and O–H groups in total. The van der Waals surface area contributed by atoms with Crippen molar-refractivity contribution >= 4 is 26.7 Å². The highest BCUT2D eigenvalue weighted by Crippen LogP contribution is 2.60. The van der Waals surface area contributed by atoms with Crippen molar-refractivity contribution in [1.29, 1.82) is 0 Å². The van der Waals surface area contributed by atoms with Gasteiger partial charge < -0.3 is 11.1 Å². The van der Waals surface area contributed by atoms with Gasteiger partial charge in [-0.3, -0.25) is 0 Å². The molecule has 4 rings (SSSR count). The quantitative estimate of drug-likeness (QED) is 0.880. The van der Waals surface area contributed by atoms with Gasteiger partial charge in [0.25, 0.3) is 0 Å². The Morgan fingerprint density at radius 3 is 2.95 bits per heavy atom. The number of anilines is 1. The zero-order chi connectivity index (χ0) is 12.9. The van der Waals surface area contributed by atoms with Crippen molar-refractivity contribution in [3.8, 4) is 0 Å². The summed E-state index contributed by atoms with van der Waals surface area (Å²) in [6.45, 7) is 2.16. The van der Waals surface area contributed by atoms with E-state index in [4.69, 9.17) is 5.73 Å². The van der Waals surface area contributed by atoms with Gasteiger partial charge in [0.1, 0.15) is 0 Å². The van der Waals surface area contributed by atoms with Gasteiger partial charge in [0, 0.05) is 13.1 Å². The maximum atomic E-state index is 5.74. The average molecular weight is 273 g/mol. The third kappa shape index (κ3) is 2.23. The second-order valence-corrected chi connectivity index (χ2v) is 7.16. The first-order valence-corrected chi connectivity index (χ1v) is 7.93. The molecule has 2 aromatic rings. The number of nitrogen functional groups attached to an aromatic ring is 1. The normalized spacial score (nSPS) is 20.8. The fourth-order valence-electron chi connectivity index (χ4n) is 3.14. The maximum absolute atomic E-state index is 5.74. The summed E-state index contributed by atoms with van der Waals surface area (Å²) in [7, 11) is 0. The van der Waals surface area contributed by atoms with Crippen LogP contribution in [0.1, 0.15) is 31.2 Å². The standard InChI is InChI=1S/C15H19N3S/c16-14-18-12-4-1-10(7-13(12)19-14)8-17-9-15(5-6-15)11-2-3-11/h1,4,7,11,17H,2-3,5-6,8-9H2,(H2,16,18). The van der Waals surface area contributed by atoms with E-state index >= 15 is 0 Å². The van der Waals surface area contributed by atoms with E-state index in [2.05, 4.69) is 28.5 Å². The minimum absolute atomic E-state index is 0.658. The summed E-state index contributed by atoms with van der Waals surface area (Å²) >= 11 is 1.57. The molecule has 3 nitrogen and oxygen atoms in total. The molecule has 1 aromatic carbocycles. The molecule has 0 saturated heterocycles. The number of hydrogen-bond acceptors (Lipinski definition) is 4. The molecule has 2 fully saturated rings. The van der Waals surface area contributed by atoms with Crippen LogP contribution in [0, 0.1) is 11.3 Å². The molecular formula is C15H19N3S. The lowest BCUT2D eigenvalue weighted by Gasteiger charge is -2.14. The topological polar surface area (TPSA) is 50.9 Å². The Kier molecular flexibility index (Phi) is 2.57. The number of nitrogens with two attached hydrogens (primary N) is 1. The van der Waals surface area contributed by atoms with Crippen molar-refractivity contribution in [1.82, 2.24) is 10.3 Å². The summed E-state index contributed by atoms with van der Waals surface area (Å²) in [5, 5.41) is 4.31. The third-order valence-electron chi connectivity index (χ3n) is 4.61. The molecule has 0 bridgehead atoms. The molecule has 0 spiro atoms. The van der Waals surface area contributed by atoms with Crippen LogP contribution in [0.5, 0.6) is 0 Å². The second kappa shape index (κ2) is 4.18. The van der Waals surface area contributed by atoms with Crippen LogP contribution in [0.15, 0.2) is 18.2 Å². The molecule has 2 saturated carbocycles. The first-order valence-electron chi connectivity index (χ1n) is 7.11. The van der Waals surface area contributed by atoms with E-state index in [-0.39, 0.29) is 0 Å². The molecule has 0 atom stereocenters. The lowest BCUT2D eigenvalue weighted by molar-refractivity contribution is 0.403. The van der Waals surface area contributed by atoms with Crippen molar-refractivity contribution in [2.75, 3.05) is 12.3 Å². The molecule has 2 aliphatic rings. The van der Waals surface area contributed by atoms with Crippen LogP contribution in [0.3, 0.4) is 0 Å². The largest absolute Gasteiger partial charge is 0.375 e. The predicted octanol–water partition coefficient (Wildman–Crippen LogP) is 3.16. The Labute approximate surface area is 117 Å². The second-order valence-electron chi connectivity index (χ2n) is 6.09. The smallest absolute Gasteiger partial charge is 0.181 e. The summed E-state index contributed by atoms with van der Waals surface area (Å²) in [6, 6.07) is 6.45. The molecule has 4 heteroatoms. The van der Waals surface area contributed by atoms with Gasteiger partial charge in [0.15, 0.2) is 5.13 Å². The van der Waals surface area contributed by atoms with Crippen molar-refractivity contribution < 1.29 is 0 Å². The summed E-state index contributed by atoms with van der Waals surface area (Å²) < 4.78 is 1.19. The molecule has 100 valence electrons. The highest BCUT2D eigenvalue weighted by atomic mass is 32.1. The van der Waals surface area contributed by atoms with E-state index in [1.165, 1.54) is 42.5 Å². The van der Waals surface area contributed by atoms with Crippen molar-refractivity contribution in [2.24, 2.45) is 11.3 Å². The van der Waals surface area contributed by atoms with Crippen LogP contribution in [0.25, 0.3) is 10.2 Å². The maximum Gasteiger partial charge on any atom is 0.181 e. The van der Waals surface area contributed by atoms with E-state index < -0.39 is 0 Å². The first kappa shape index (κ1) is 11.7. The van der Waals surface area contributed by atoms with Gasteiger partial charge in [-0.15, -0.1) is 0 Å². The van der Waals surface area contributed by atoms with Crippen molar-refractivity contribution in [3.63, 3.8) is 0 Å². The van der Waals surface area contributed by atoms with E-state index in [1.54, 1.807) is 11.3 Å². The van der Waals surface area contributed by atoms with E-state index in [9.17, 15) is 0 Å². The predicted molar refractivity (Wildman–Crippen MR) is 80.1 cm³/mol. The lowest BCUT2D eigenvalue weighted by Crippen LogP contribution is -2.24. The summed E-state index contributed by atoms with van der Waals surface area (Å²) in [4.78, 5) is 4.29. The Morgan fingerprint density at radius 1 is 1.37 bits per heavy atom. The van der Waals surface area contributed by atoms with Crippen LogP contribution in [-0.2, 0) is 6.54 Å². The average Bonchev–Trinajstić information content (AvgIpc) is 3.25. The number of nitrogens with one attached hydrogen (secondary N) is 1. The SMILES string of the molecule is Nc1nc2ccc(CNCC3(C4CC4)CC3)cc2s1. The van der Waals surface area contributed by atoms with Crippen LogP contribution < -0.4 is 11.1 Å². The van der Waals surface area contributed by atoms with Gasteiger partial charge in [-0.25, -0.2) is 4.98 Å². The first-order chi connectivity index (χ1) is 9.25. The Hall–Kier alpha value is -1.13. The minimum Gasteiger partial charge on any atom is -0.375 e. The van der Waals surface area contributed by atoms with E-state index in [0.29, 0.717) is 10.5 Å². The zero-order valence-corrected chi connectivity index (χ0v) is 11.8. The molecular weight excluding hydrogens is 254 g/mol. The number of nitrogens with zero attached hydrogens (tertiary/aromatic N) is 1. The molecule has 2 aliphatic carbocycles. The van der Waals surface area contributed by atoms with Crippen LogP contribution >= 0.6 is 11.3 Å². The molecule has 1 heterocycles. The third-order valence-corrected chi connectivity index (χ3v) is 5.46. The van der Waals surface area contributed by atoms with Gasteiger partial charge >= 0.3 is 0 Å². The Bertz CT molecular complexity index is 611. The van der Waals surface area contributed by atoms with Gasteiger partial charge in [0.2, 0.25) is 0 Å². The number of thiazole rings is 1. The van der Waals surface area contributed by atoms with E-state index in [1.807, 2.05) is 0 Å². The van der Waals surface area contributed by atoms with Crippen LogP contribution in [-0.4, -0.2) is 11.5 Å². The summed E-state index contributed by atoms with van der Waals surface area (Å²) in [5.74, 6) is 1.03. The summed E-state index contributed by atoms with van der Waals surface area (Å²) in [5.41, 5.74) is 8.77. The fraction of sp³-hybridized carbons (Fsp3) is 0.533. The van der Waals surface area contributed by atoms with Gasteiger partial charge in [-0.1, -0.05) is 17.4 Å². The van der Waals surface area contributed by atoms with Crippen LogP contribution in [0.2, 0.25) is 0 Å². The van der Waals surface area contributed by atoms with Gasteiger partial charge in [0.05, 0.1) is 10.2 Å². The molecule has 0 radical (unpaired) electrons. The molecule has 19 heavy (non-hydrogen) atoms. The number of hydrogen-bond donors (Lipinski definition) is 2. The Balaban J connectivity index is 1.40. The monoisotopic (exact) mass is 273 g/mol. The molecule has 0 unspecified atom stereocenters. The van der Waals surface area contributed by atoms with Crippen molar-refractivity contribution in [2.45, 2.75) is 32.2 Å². The zero-order valence-electron chi connectivity index (χ0n) is 11.0. The molecule has 0 amide bonds. The number of rotatable bonds is 5. The lowest BCUT2D eigenvalue weighted by atomic mass is 10.0. The Morgan fingerprint density at radius 2 is 2.21 bits per heavy atom. The molecule has 0 aliphatic heterocycles. The highest BCUT2D eigenvalue weighted by Gasteiger charge is 2.53. The number of fused-ring (bicyclic) bond motifs is 1. The number of aromatic nitrogens is 1. The van der Waals surface area contributed by atoms with Gasteiger partial charge in [-0.2, -0.15) is 0 Å². The fourth-order valence-corrected chi connectivity index (χ4v) is 3.94. The number of benzene rings is 1. The minimum atomic E-state index is 0.658. The van der Waals surface area contributed by atoms with Crippen LogP contribution in [0.4, 0.5) is 5.13 Å². The highest BCUT2D eigenvalue weighted by molar-refractivity contribution is 7.22. The molecule has 1 aromatic heterocycles.